The first kappa shape index (κ1) is 26.7. The van der Waals surface area contributed by atoms with Crippen LogP contribution in [-0.4, -0.2) is 35.7 Å². The molecule has 3 aromatic rings. The van der Waals surface area contributed by atoms with E-state index in [0.29, 0.717) is 5.92 Å². The Morgan fingerprint density at radius 1 is 1.06 bits per heavy atom. The van der Waals surface area contributed by atoms with Gasteiger partial charge in [0.2, 0.25) is 0 Å². The molecule has 0 saturated carbocycles. The fraction of sp³-hybridized carbons (Fsp3) is 0.385. The van der Waals surface area contributed by atoms with Gasteiger partial charge in [-0.05, 0) is 36.1 Å². The van der Waals surface area contributed by atoms with Gasteiger partial charge in [-0.1, -0.05) is 56.3 Å². The summed E-state index contributed by atoms with van der Waals surface area (Å²) in [7, 11) is 1.79. The van der Waals surface area contributed by atoms with Crippen LogP contribution in [0, 0.1) is 5.92 Å². The molecule has 6 nitrogen and oxygen atoms in total. The summed E-state index contributed by atoms with van der Waals surface area (Å²) in [4.78, 5) is 8.90. The second kappa shape index (κ2) is 13.9. The molecule has 1 atom stereocenters. The molecule has 1 heterocycles. The van der Waals surface area contributed by atoms with Crippen LogP contribution in [0.2, 0.25) is 0 Å². The highest BCUT2D eigenvalue weighted by molar-refractivity contribution is 14.0. The van der Waals surface area contributed by atoms with E-state index in [0.717, 1.165) is 43.7 Å². The highest BCUT2D eigenvalue weighted by atomic mass is 127. The lowest BCUT2D eigenvalue weighted by molar-refractivity contribution is 0.271. The summed E-state index contributed by atoms with van der Waals surface area (Å²) < 4.78 is 7.97. The molecule has 0 bridgehead atoms. The average Bonchev–Trinajstić information content (AvgIpc) is 3.24. The van der Waals surface area contributed by atoms with Crippen molar-refractivity contribution >= 4 is 29.9 Å². The van der Waals surface area contributed by atoms with Gasteiger partial charge in [0.15, 0.2) is 5.96 Å². The normalized spacial score (nSPS) is 12.2. The summed E-state index contributed by atoms with van der Waals surface area (Å²) in [6.07, 6.45) is 4.71. The van der Waals surface area contributed by atoms with Crippen LogP contribution in [0.5, 0.6) is 5.75 Å². The van der Waals surface area contributed by atoms with Crippen molar-refractivity contribution in [2.45, 2.75) is 39.8 Å². The van der Waals surface area contributed by atoms with E-state index in [1.54, 1.807) is 7.05 Å². The van der Waals surface area contributed by atoms with Crippen molar-refractivity contribution in [2.24, 2.45) is 10.9 Å². The number of rotatable bonds is 10. The summed E-state index contributed by atoms with van der Waals surface area (Å²) in [5.74, 6) is 3.25. The van der Waals surface area contributed by atoms with Crippen molar-refractivity contribution in [3.05, 3.63) is 83.9 Å². The van der Waals surface area contributed by atoms with Crippen molar-refractivity contribution in [1.82, 2.24) is 20.2 Å². The molecule has 0 aliphatic heterocycles. The van der Waals surface area contributed by atoms with Gasteiger partial charge in [-0.2, -0.15) is 0 Å². The molecule has 0 amide bonds. The van der Waals surface area contributed by atoms with Crippen LogP contribution in [-0.2, 0) is 13.0 Å². The fourth-order valence-electron chi connectivity index (χ4n) is 3.38. The highest BCUT2D eigenvalue weighted by Crippen LogP contribution is 2.18. The van der Waals surface area contributed by atoms with Crippen molar-refractivity contribution in [3.63, 3.8) is 0 Å². The van der Waals surface area contributed by atoms with Gasteiger partial charge in [0, 0.05) is 39.0 Å². The largest absolute Gasteiger partial charge is 0.493 e. The molecule has 0 spiro atoms. The van der Waals surface area contributed by atoms with Gasteiger partial charge in [-0.3, -0.25) is 4.99 Å². The Hall–Kier alpha value is -2.55. The van der Waals surface area contributed by atoms with Gasteiger partial charge in [0.05, 0.1) is 12.6 Å². The number of ether oxygens (including phenoxy) is 1. The third-order valence-electron chi connectivity index (χ3n) is 5.18. The van der Waals surface area contributed by atoms with E-state index in [1.807, 2.05) is 30.6 Å². The predicted molar refractivity (Wildman–Crippen MR) is 147 cm³/mol. The second-order valence-electron chi connectivity index (χ2n) is 8.35. The van der Waals surface area contributed by atoms with Crippen LogP contribution in [0.15, 0.2) is 72.0 Å². The smallest absolute Gasteiger partial charge is 0.191 e. The number of halogens is 1. The lowest BCUT2D eigenvalue weighted by Gasteiger charge is -2.19. The number of nitrogens with zero attached hydrogens (tertiary/aromatic N) is 3. The zero-order valence-corrected chi connectivity index (χ0v) is 22.3. The number of aliphatic imine (C=N–C) groups is 1. The van der Waals surface area contributed by atoms with Crippen LogP contribution in [0.3, 0.4) is 0 Å². The quantitative estimate of drug-likeness (QED) is 0.207. The SMILES string of the molecule is CN=C(NCCc1nccn1Cc1ccccc1)NC(C)c1ccc(OCC(C)C)cc1.I. The molecule has 0 fully saturated rings. The van der Waals surface area contributed by atoms with E-state index in [4.69, 9.17) is 4.74 Å². The summed E-state index contributed by atoms with van der Waals surface area (Å²) >= 11 is 0. The van der Waals surface area contributed by atoms with Gasteiger partial charge >= 0.3 is 0 Å². The van der Waals surface area contributed by atoms with Crippen molar-refractivity contribution in [3.8, 4) is 5.75 Å². The minimum absolute atomic E-state index is 0. The lowest BCUT2D eigenvalue weighted by Crippen LogP contribution is -2.39. The van der Waals surface area contributed by atoms with Gasteiger partial charge in [-0.15, -0.1) is 24.0 Å². The van der Waals surface area contributed by atoms with E-state index < -0.39 is 0 Å². The zero-order valence-electron chi connectivity index (χ0n) is 20.0. The molecular formula is C26H36IN5O. The maximum atomic E-state index is 5.78. The molecule has 0 aliphatic rings. The molecule has 2 aromatic carbocycles. The Bertz CT molecular complexity index is 970. The monoisotopic (exact) mass is 561 g/mol. The first-order valence-corrected chi connectivity index (χ1v) is 11.3. The maximum absolute atomic E-state index is 5.78. The average molecular weight is 562 g/mol. The zero-order chi connectivity index (χ0) is 22.8. The molecule has 33 heavy (non-hydrogen) atoms. The molecule has 178 valence electrons. The Kier molecular flexibility index (Phi) is 11.2. The summed E-state index contributed by atoms with van der Waals surface area (Å²) in [6.45, 7) is 8.74. The molecule has 0 aliphatic carbocycles. The van der Waals surface area contributed by atoms with Gasteiger partial charge in [0.1, 0.15) is 11.6 Å². The van der Waals surface area contributed by atoms with Gasteiger partial charge < -0.3 is 19.9 Å². The number of nitrogens with one attached hydrogen (secondary N) is 2. The van der Waals surface area contributed by atoms with Crippen LogP contribution >= 0.6 is 24.0 Å². The Labute approximate surface area is 214 Å². The molecule has 0 radical (unpaired) electrons. The number of benzene rings is 2. The highest BCUT2D eigenvalue weighted by Gasteiger charge is 2.09. The summed E-state index contributed by atoms with van der Waals surface area (Å²) in [5, 5.41) is 6.86. The summed E-state index contributed by atoms with van der Waals surface area (Å²) in [5.41, 5.74) is 2.45. The number of hydrogen-bond acceptors (Lipinski definition) is 3. The van der Waals surface area contributed by atoms with Crippen LogP contribution in [0.1, 0.15) is 43.8 Å². The van der Waals surface area contributed by atoms with E-state index >= 15 is 0 Å². The third-order valence-corrected chi connectivity index (χ3v) is 5.18. The van der Waals surface area contributed by atoms with E-state index in [-0.39, 0.29) is 30.0 Å². The fourth-order valence-corrected chi connectivity index (χ4v) is 3.38. The third kappa shape index (κ3) is 8.72. The Morgan fingerprint density at radius 3 is 2.45 bits per heavy atom. The Balaban J connectivity index is 0.00000385. The molecular weight excluding hydrogens is 525 g/mol. The number of aromatic nitrogens is 2. The number of imidazole rings is 1. The van der Waals surface area contributed by atoms with E-state index in [2.05, 4.69) is 82.3 Å². The minimum atomic E-state index is 0. The predicted octanol–water partition coefficient (Wildman–Crippen LogP) is 5.05. The Morgan fingerprint density at radius 2 is 1.79 bits per heavy atom. The number of hydrogen-bond donors (Lipinski definition) is 2. The minimum Gasteiger partial charge on any atom is -0.493 e. The van der Waals surface area contributed by atoms with Crippen molar-refractivity contribution in [2.75, 3.05) is 20.2 Å². The van der Waals surface area contributed by atoms with Crippen LogP contribution in [0.25, 0.3) is 0 Å². The lowest BCUT2D eigenvalue weighted by atomic mass is 10.1. The topological polar surface area (TPSA) is 63.5 Å². The second-order valence-corrected chi connectivity index (χ2v) is 8.35. The van der Waals surface area contributed by atoms with Gasteiger partial charge in [0.25, 0.3) is 0 Å². The van der Waals surface area contributed by atoms with E-state index in [1.165, 1.54) is 11.1 Å². The first-order valence-electron chi connectivity index (χ1n) is 11.3. The van der Waals surface area contributed by atoms with Crippen LogP contribution < -0.4 is 15.4 Å². The maximum Gasteiger partial charge on any atom is 0.191 e. The molecule has 1 aromatic heterocycles. The molecule has 1 unspecified atom stereocenters. The van der Waals surface area contributed by atoms with Crippen molar-refractivity contribution < 1.29 is 4.74 Å². The molecule has 7 heteroatoms. The standard InChI is InChI=1S/C26H35N5O.HI/c1-20(2)19-32-24-12-10-23(11-13-24)21(3)30-26(27-4)29-15-14-25-28-16-17-31(25)18-22-8-6-5-7-9-22;/h5-13,16-17,20-21H,14-15,18-19H2,1-4H3,(H2,27,29,30);1H. The molecule has 3 rings (SSSR count). The summed E-state index contributed by atoms with van der Waals surface area (Å²) in [6, 6.07) is 18.8. The first-order chi connectivity index (χ1) is 15.5. The van der Waals surface area contributed by atoms with E-state index in [9.17, 15) is 0 Å². The molecule has 0 saturated heterocycles. The van der Waals surface area contributed by atoms with Gasteiger partial charge in [-0.25, -0.2) is 4.98 Å². The number of guanidine groups is 1. The van der Waals surface area contributed by atoms with Crippen LogP contribution in [0.4, 0.5) is 0 Å². The van der Waals surface area contributed by atoms with Crippen molar-refractivity contribution in [1.29, 1.82) is 0 Å². The molecule has 2 N–H and O–H groups in total.